The highest BCUT2D eigenvalue weighted by Crippen LogP contribution is 2.35. The summed E-state index contributed by atoms with van der Waals surface area (Å²) in [5.74, 6) is -0.756. The summed E-state index contributed by atoms with van der Waals surface area (Å²) >= 11 is 0. The third-order valence-electron chi connectivity index (χ3n) is 5.64. The largest absolute Gasteiger partial charge is 0.399 e. The summed E-state index contributed by atoms with van der Waals surface area (Å²) in [4.78, 5) is 12.1. The van der Waals surface area contributed by atoms with Crippen LogP contribution in [0.4, 0.5) is 14.5 Å². The molecule has 6 heteroatoms. The van der Waals surface area contributed by atoms with Crippen LogP contribution in [0.1, 0.15) is 37.1 Å². The quantitative estimate of drug-likeness (QED) is 0.649. The predicted molar refractivity (Wildman–Crippen MR) is 111 cm³/mol. The van der Waals surface area contributed by atoms with E-state index < -0.39 is 0 Å². The number of anilines is 1. The molecule has 4 nitrogen and oxygen atoms in total. The number of nitrogens with one attached hydrogen (secondary N) is 1. The second kappa shape index (κ2) is 7.50. The zero-order valence-electron chi connectivity index (χ0n) is 16.6. The third kappa shape index (κ3) is 3.71. The van der Waals surface area contributed by atoms with Crippen LogP contribution in [0.25, 0.3) is 10.9 Å². The summed E-state index contributed by atoms with van der Waals surface area (Å²) in [6.07, 6.45) is 2.12. The number of amides is 1. The zero-order chi connectivity index (χ0) is 20.7. The van der Waals surface area contributed by atoms with Crippen molar-refractivity contribution in [1.82, 2.24) is 9.88 Å². The van der Waals surface area contributed by atoms with E-state index in [2.05, 4.69) is 5.32 Å². The molecular formula is C23H25F2N3O. The van der Waals surface area contributed by atoms with E-state index in [0.717, 1.165) is 28.6 Å². The van der Waals surface area contributed by atoms with Gasteiger partial charge in [0.1, 0.15) is 11.6 Å². The molecule has 0 saturated heterocycles. The lowest BCUT2D eigenvalue weighted by Gasteiger charge is -2.26. The molecule has 1 amide bonds. The molecule has 0 spiro atoms. The molecule has 1 aliphatic carbocycles. The molecule has 0 aliphatic heterocycles. The smallest absolute Gasteiger partial charge is 0.222 e. The van der Waals surface area contributed by atoms with E-state index in [0.29, 0.717) is 30.6 Å². The van der Waals surface area contributed by atoms with Gasteiger partial charge < -0.3 is 15.6 Å². The molecule has 0 bridgehead atoms. The summed E-state index contributed by atoms with van der Waals surface area (Å²) in [5, 5.41) is 3.87. The Morgan fingerprint density at radius 1 is 1.28 bits per heavy atom. The molecule has 0 radical (unpaired) electrons. The first kappa shape index (κ1) is 19.4. The van der Waals surface area contributed by atoms with Gasteiger partial charge in [-0.05, 0) is 54.7 Å². The number of benzene rings is 2. The molecule has 1 aliphatic rings. The standard InChI is InChI=1S/C23H25F2N3O/c1-13(2)23(29)27-17-6-7-21-18(11-17)19-9-16(26)10-20(25)22(19)28(21)12-14-4-3-5-15(24)8-14/h3-5,8-10,13,17H,6-7,11-12,26H2,1-2H3,(H,27,29). The van der Waals surface area contributed by atoms with E-state index in [1.54, 1.807) is 12.1 Å². The van der Waals surface area contributed by atoms with Crippen LogP contribution in [0.15, 0.2) is 36.4 Å². The Kier molecular flexibility index (Phi) is 5.03. The first-order valence-electron chi connectivity index (χ1n) is 9.97. The Bertz CT molecular complexity index is 1090. The second-order valence-electron chi connectivity index (χ2n) is 8.14. The molecule has 3 N–H and O–H groups in total. The molecule has 4 rings (SSSR count). The fourth-order valence-corrected chi connectivity index (χ4v) is 4.23. The van der Waals surface area contributed by atoms with Crippen molar-refractivity contribution in [3.05, 3.63) is 64.9 Å². The minimum atomic E-state index is -0.381. The van der Waals surface area contributed by atoms with Gasteiger partial charge in [0.05, 0.1) is 5.52 Å². The number of carbonyl (C=O) groups excluding carboxylic acids is 1. The highest BCUT2D eigenvalue weighted by molar-refractivity contribution is 5.89. The minimum absolute atomic E-state index is 0.00936. The van der Waals surface area contributed by atoms with Crippen LogP contribution in [0.3, 0.4) is 0 Å². The lowest BCUT2D eigenvalue weighted by atomic mass is 9.91. The van der Waals surface area contributed by atoms with Crippen molar-refractivity contribution >= 4 is 22.5 Å². The van der Waals surface area contributed by atoms with Gasteiger partial charge in [-0.1, -0.05) is 26.0 Å². The number of carbonyl (C=O) groups is 1. The van der Waals surface area contributed by atoms with Crippen LogP contribution in [0.2, 0.25) is 0 Å². The molecule has 1 aromatic heterocycles. The Balaban J connectivity index is 1.78. The molecule has 29 heavy (non-hydrogen) atoms. The average molecular weight is 397 g/mol. The van der Waals surface area contributed by atoms with E-state index in [1.165, 1.54) is 18.2 Å². The number of fused-ring (bicyclic) bond motifs is 3. The summed E-state index contributed by atoms with van der Waals surface area (Å²) in [5.41, 5.74) is 9.61. The van der Waals surface area contributed by atoms with Gasteiger partial charge in [-0.15, -0.1) is 0 Å². The average Bonchev–Trinajstić information content (AvgIpc) is 2.95. The van der Waals surface area contributed by atoms with Gasteiger partial charge in [-0.25, -0.2) is 8.78 Å². The van der Waals surface area contributed by atoms with Crippen molar-refractivity contribution in [2.24, 2.45) is 5.92 Å². The third-order valence-corrected chi connectivity index (χ3v) is 5.64. The molecule has 0 saturated carbocycles. The number of nitrogens with zero attached hydrogens (tertiary/aromatic N) is 1. The Hall–Kier alpha value is -2.89. The van der Waals surface area contributed by atoms with Crippen molar-refractivity contribution in [1.29, 1.82) is 0 Å². The molecule has 1 atom stereocenters. The highest BCUT2D eigenvalue weighted by Gasteiger charge is 2.28. The molecule has 0 fully saturated rings. The van der Waals surface area contributed by atoms with E-state index in [1.807, 2.05) is 24.5 Å². The van der Waals surface area contributed by atoms with E-state index in [-0.39, 0.29) is 29.5 Å². The Morgan fingerprint density at radius 2 is 2.07 bits per heavy atom. The van der Waals surface area contributed by atoms with Gasteiger partial charge >= 0.3 is 0 Å². The van der Waals surface area contributed by atoms with Crippen LogP contribution >= 0.6 is 0 Å². The SMILES string of the molecule is CC(C)C(=O)NC1CCc2c(c3cc(N)cc(F)c3n2Cc2cccc(F)c2)C1. The summed E-state index contributed by atoms with van der Waals surface area (Å²) < 4.78 is 30.6. The molecule has 2 aromatic carbocycles. The minimum Gasteiger partial charge on any atom is -0.399 e. The number of nitrogens with two attached hydrogens (primary N) is 1. The Labute approximate surface area is 168 Å². The molecule has 1 unspecified atom stereocenters. The number of rotatable bonds is 4. The Morgan fingerprint density at radius 3 is 2.79 bits per heavy atom. The monoisotopic (exact) mass is 397 g/mol. The lowest BCUT2D eigenvalue weighted by molar-refractivity contribution is -0.124. The second-order valence-corrected chi connectivity index (χ2v) is 8.14. The number of hydrogen-bond donors (Lipinski definition) is 2. The number of aromatic nitrogens is 1. The van der Waals surface area contributed by atoms with Gasteiger partial charge in [0.2, 0.25) is 5.91 Å². The molecule has 1 heterocycles. The maximum absolute atomic E-state index is 14.9. The van der Waals surface area contributed by atoms with E-state index >= 15 is 0 Å². The summed E-state index contributed by atoms with van der Waals surface area (Å²) in [7, 11) is 0. The summed E-state index contributed by atoms with van der Waals surface area (Å²) in [6.45, 7) is 4.11. The topological polar surface area (TPSA) is 60.1 Å². The van der Waals surface area contributed by atoms with Crippen molar-refractivity contribution in [3.8, 4) is 0 Å². The van der Waals surface area contributed by atoms with Crippen LogP contribution in [-0.4, -0.2) is 16.5 Å². The predicted octanol–water partition coefficient (Wildman–Crippen LogP) is 4.18. The highest BCUT2D eigenvalue weighted by atomic mass is 19.1. The fraction of sp³-hybridized carbons (Fsp3) is 0.348. The van der Waals surface area contributed by atoms with Gasteiger partial charge in [0.15, 0.2) is 0 Å². The van der Waals surface area contributed by atoms with Crippen molar-refractivity contribution in [2.45, 2.75) is 45.7 Å². The van der Waals surface area contributed by atoms with E-state index in [9.17, 15) is 13.6 Å². The van der Waals surface area contributed by atoms with Crippen LogP contribution in [-0.2, 0) is 24.2 Å². The summed E-state index contributed by atoms with van der Waals surface area (Å²) in [6, 6.07) is 9.51. The fourth-order valence-electron chi connectivity index (χ4n) is 4.23. The zero-order valence-corrected chi connectivity index (χ0v) is 16.6. The molecular weight excluding hydrogens is 372 g/mol. The maximum atomic E-state index is 14.9. The maximum Gasteiger partial charge on any atom is 0.222 e. The number of halogens is 2. The first-order chi connectivity index (χ1) is 13.8. The normalized spacial score (nSPS) is 16.2. The van der Waals surface area contributed by atoms with Gasteiger partial charge in [0.25, 0.3) is 0 Å². The van der Waals surface area contributed by atoms with Crippen LogP contribution in [0.5, 0.6) is 0 Å². The molecule has 3 aromatic rings. The van der Waals surface area contributed by atoms with E-state index in [4.69, 9.17) is 5.73 Å². The lowest BCUT2D eigenvalue weighted by Crippen LogP contribution is -2.41. The first-order valence-corrected chi connectivity index (χ1v) is 9.97. The number of hydrogen-bond acceptors (Lipinski definition) is 2. The van der Waals surface area contributed by atoms with Crippen molar-refractivity contribution in [3.63, 3.8) is 0 Å². The van der Waals surface area contributed by atoms with Crippen LogP contribution in [0, 0.1) is 17.6 Å². The molecule has 152 valence electrons. The van der Waals surface area contributed by atoms with Gasteiger partial charge in [-0.2, -0.15) is 0 Å². The van der Waals surface area contributed by atoms with Gasteiger partial charge in [-0.3, -0.25) is 4.79 Å². The number of nitrogen functional groups attached to an aromatic ring is 1. The van der Waals surface area contributed by atoms with Crippen LogP contribution < -0.4 is 11.1 Å². The van der Waals surface area contributed by atoms with Crippen molar-refractivity contribution < 1.29 is 13.6 Å². The van der Waals surface area contributed by atoms with Crippen molar-refractivity contribution in [2.75, 3.05) is 5.73 Å². The van der Waals surface area contributed by atoms with Gasteiger partial charge in [0, 0.05) is 35.3 Å².